The first-order chi connectivity index (χ1) is 11.8. The number of aromatic nitrogens is 1. The number of guanidine groups is 1. The molecule has 0 saturated carbocycles. The summed E-state index contributed by atoms with van der Waals surface area (Å²) in [6.07, 6.45) is 4.23. The van der Waals surface area contributed by atoms with Crippen molar-refractivity contribution in [2.75, 3.05) is 31.7 Å². The molecule has 7 nitrogen and oxygen atoms in total. The number of aliphatic imine (C=N–C) groups is 1. The Morgan fingerprint density at radius 2 is 2.08 bits per heavy atom. The first-order valence-electron chi connectivity index (χ1n) is 7.81. The van der Waals surface area contributed by atoms with Crippen molar-refractivity contribution < 1.29 is 14.2 Å². The lowest BCUT2D eigenvalue weighted by atomic mass is 10.3. The minimum absolute atomic E-state index is 0. The molecule has 0 bridgehead atoms. The Morgan fingerprint density at radius 3 is 2.88 bits per heavy atom. The summed E-state index contributed by atoms with van der Waals surface area (Å²) in [5.41, 5.74) is 6.69. The van der Waals surface area contributed by atoms with Gasteiger partial charge in [-0.2, -0.15) is 0 Å². The largest absolute Gasteiger partial charge is 0.490 e. The number of benzene rings is 1. The molecule has 25 heavy (non-hydrogen) atoms. The zero-order valence-corrected chi connectivity index (χ0v) is 16.0. The predicted molar refractivity (Wildman–Crippen MR) is 107 cm³/mol. The number of fused-ring (bicyclic) bond motifs is 1. The van der Waals surface area contributed by atoms with Crippen LogP contribution in [-0.2, 0) is 0 Å². The van der Waals surface area contributed by atoms with E-state index in [9.17, 15) is 0 Å². The maximum absolute atomic E-state index is 5.89. The zero-order valence-electron chi connectivity index (χ0n) is 13.7. The van der Waals surface area contributed by atoms with Crippen LogP contribution >= 0.6 is 24.0 Å². The summed E-state index contributed by atoms with van der Waals surface area (Å²) in [4.78, 5) is 8.21. The third-order valence-corrected chi connectivity index (χ3v) is 3.30. The van der Waals surface area contributed by atoms with E-state index in [0.29, 0.717) is 43.8 Å². The molecule has 2 heterocycles. The van der Waals surface area contributed by atoms with Crippen LogP contribution < -0.4 is 25.3 Å². The number of nitrogens with two attached hydrogens (primary N) is 1. The molecular weight excluding hydrogens is 435 g/mol. The highest BCUT2D eigenvalue weighted by molar-refractivity contribution is 14.0. The molecule has 0 spiro atoms. The lowest BCUT2D eigenvalue weighted by Crippen LogP contribution is -2.23. The molecule has 0 unspecified atom stereocenters. The monoisotopic (exact) mass is 456 g/mol. The van der Waals surface area contributed by atoms with Gasteiger partial charge in [0.25, 0.3) is 0 Å². The molecule has 2 aromatic rings. The van der Waals surface area contributed by atoms with Crippen molar-refractivity contribution >= 4 is 35.6 Å². The van der Waals surface area contributed by atoms with Crippen LogP contribution in [0.5, 0.6) is 17.2 Å². The summed E-state index contributed by atoms with van der Waals surface area (Å²) >= 11 is 0. The number of nitrogens with one attached hydrogen (secondary N) is 1. The molecule has 8 heteroatoms. The molecule has 1 aromatic heterocycles. The van der Waals surface area contributed by atoms with Gasteiger partial charge in [-0.05, 0) is 24.3 Å². The van der Waals surface area contributed by atoms with Crippen molar-refractivity contribution in [1.29, 1.82) is 0 Å². The van der Waals surface area contributed by atoms with Crippen LogP contribution in [0.15, 0.2) is 47.7 Å². The van der Waals surface area contributed by atoms with E-state index in [-0.39, 0.29) is 24.0 Å². The number of ether oxygens (including phenoxy) is 3. The second-order valence-corrected chi connectivity index (χ2v) is 5.14. The summed E-state index contributed by atoms with van der Waals surface area (Å²) in [7, 11) is 0. The highest BCUT2D eigenvalue weighted by Gasteiger charge is 2.10. The average molecular weight is 456 g/mol. The maximum atomic E-state index is 5.89. The Morgan fingerprint density at radius 1 is 1.24 bits per heavy atom. The first-order valence-corrected chi connectivity index (χ1v) is 7.81. The molecule has 0 radical (unpaired) electrons. The fraction of sp³-hybridized carbons (Fsp3) is 0.294. The van der Waals surface area contributed by atoms with Gasteiger partial charge in [0.1, 0.15) is 12.4 Å². The number of pyridine rings is 1. The summed E-state index contributed by atoms with van der Waals surface area (Å²) in [6.45, 7) is 2.18. The van der Waals surface area contributed by atoms with Gasteiger partial charge in [0.2, 0.25) is 0 Å². The molecule has 0 amide bonds. The summed E-state index contributed by atoms with van der Waals surface area (Å²) in [6, 6.07) is 9.26. The van der Waals surface area contributed by atoms with Gasteiger partial charge in [-0.3, -0.25) is 4.98 Å². The molecule has 1 aromatic carbocycles. The van der Waals surface area contributed by atoms with E-state index < -0.39 is 0 Å². The summed E-state index contributed by atoms with van der Waals surface area (Å²) in [5, 5.41) is 3.04. The minimum atomic E-state index is 0. The van der Waals surface area contributed by atoms with Crippen molar-refractivity contribution in [2.24, 2.45) is 10.7 Å². The Labute approximate surface area is 163 Å². The third-order valence-electron chi connectivity index (χ3n) is 3.30. The lowest BCUT2D eigenvalue weighted by molar-refractivity contribution is 0.297. The summed E-state index contributed by atoms with van der Waals surface area (Å²) < 4.78 is 16.7. The van der Waals surface area contributed by atoms with Crippen LogP contribution in [0.2, 0.25) is 0 Å². The number of nitrogens with zero attached hydrogens (tertiary/aromatic N) is 2. The molecule has 1 aliphatic heterocycles. The van der Waals surface area contributed by atoms with Crippen molar-refractivity contribution in [3.8, 4) is 17.2 Å². The van der Waals surface area contributed by atoms with E-state index in [2.05, 4.69) is 15.3 Å². The van der Waals surface area contributed by atoms with Crippen LogP contribution in [0.25, 0.3) is 0 Å². The van der Waals surface area contributed by atoms with Crippen molar-refractivity contribution in [3.05, 3.63) is 42.7 Å². The fourth-order valence-electron chi connectivity index (χ4n) is 2.19. The number of halogens is 1. The van der Waals surface area contributed by atoms with Gasteiger partial charge < -0.3 is 25.3 Å². The minimum Gasteiger partial charge on any atom is -0.490 e. The second kappa shape index (κ2) is 9.92. The third kappa shape index (κ3) is 5.96. The maximum Gasteiger partial charge on any atom is 0.193 e. The molecule has 0 aliphatic carbocycles. The molecule has 134 valence electrons. The van der Waals surface area contributed by atoms with Gasteiger partial charge in [-0.1, -0.05) is 0 Å². The Bertz CT molecular complexity index is 698. The molecular formula is C17H21IN4O3. The SMILES string of the molecule is I.NC(=NCCOc1cccnc1)Nc1ccc2c(c1)OCCCO2. The topological polar surface area (TPSA) is 91.0 Å². The van der Waals surface area contributed by atoms with E-state index in [1.807, 2.05) is 30.3 Å². The standard InChI is InChI=1S/C17H20N4O3.HI/c18-17(20-7-10-22-14-3-1-6-19-12-14)21-13-4-5-15-16(11-13)24-9-2-8-23-15;/h1,3-6,11-12H,2,7-10H2,(H3,18,20,21);1H. The van der Waals surface area contributed by atoms with Crippen LogP contribution in [0.1, 0.15) is 6.42 Å². The van der Waals surface area contributed by atoms with Crippen molar-refractivity contribution in [2.45, 2.75) is 6.42 Å². The summed E-state index contributed by atoms with van der Waals surface area (Å²) in [5.74, 6) is 2.49. The van der Waals surface area contributed by atoms with E-state index in [4.69, 9.17) is 19.9 Å². The smallest absolute Gasteiger partial charge is 0.193 e. The number of anilines is 1. The highest BCUT2D eigenvalue weighted by atomic mass is 127. The molecule has 0 fully saturated rings. The molecule has 0 atom stereocenters. The van der Waals surface area contributed by atoms with Crippen LogP contribution in [-0.4, -0.2) is 37.3 Å². The molecule has 3 rings (SSSR count). The van der Waals surface area contributed by atoms with Crippen LogP contribution in [0.4, 0.5) is 5.69 Å². The second-order valence-electron chi connectivity index (χ2n) is 5.14. The van der Waals surface area contributed by atoms with Gasteiger partial charge in [-0.25, -0.2) is 4.99 Å². The highest BCUT2D eigenvalue weighted by Crippen LogP contribution is 2.32. The average Bonchev–Trinajstić information content (AvgIpc) is 2.84. The van der Waals surface area contributed by atoms with E-state index in [0.717, 1.165) is 17.9 Å². The molecule has 0 saturated heterocycles. The normalized spacial score (nSPS) is 13.4. The molecule has 3 N–H and O–H groups in total. The fourth-order valence-corrected chi connectivity index (χ4v) is 2.19. The quantitative estimate of drug-likeness (QED) is 0.311. The number of hydrogen-bond acceptors (Lipinski definition) is 5. The van der Waals surface area contributed by atoms with E-state index in [1.54, 1.807) is 12.4 Å². The van der Waals surface area contributed by atoms with Crippen LogP contribution in [0, 0.1) is 0 Å². The van der Waals surface area contributed by atoms with Gasteiger partial charge >= 0.3 is 0 Å². The lowest BCUT2D eigenvalue weighted by Gasteiger charge is -2.11. The number of hydrogen-bond donors (Lipinski definition) is 2. The zero-order chi connectivity index (χ0) is 16.6. The molecule has 1 aliphatic rings. The Hall–Kier alpha value is -2.23. The van der Waals surface area contributed by atoms with Crippen molar-refractivity contribution in [1.82, 2.24) is 4.98 Å². The van der Waals surface area contributed by atoms with Gasteiger partial charge in [0.05, 0.1) is 26.0 Å². The van der Waals surface area contributed by atoms with Crippen LogP contribution in [0.3, 0.4) is 0 Å². The van der Waals surface area contributed by atoms with Gasteiger partial charge in [-0.15, -0.1) is 24.0 Å². The Balaban J connectivity index is 0.00000225. The van der Waals surface area contributed by atoms with E-state index in [1.165, 1.54) is 0 Å². The number of rotatable bonds is 5. The van der Waals surface area contributed by atoms with E-state index >= 15 is 0 Å². The van der Waals surface area contributed by atoms with Gasteiger partial charge in [0, 0.05) is 24.4 Å². The van der Waals surface area contributed by atoms with Crippen molar-refractivity contribution in [3.63, 3.8) is 0 Å². The first kappa shape index (κ1) is 19.1. The predicted octanol–water partition coefficient (Wildman–Crippen LogP) is 2.67. The Kier molecular flexibility index (Phi) is 7.58. The van der Waals surface area contributed by atoms with Gasteiger partial charge in [0.15, 0.2) is 17.5 Å².